The van der Waals surface area contributed by atoms with Gasteiger partial charge in [-0.25, -0.2) is 8.42 Å². The highest BCUT2D eigenvalue weighted by Crippen LogP contribution is 2.27. The van der Waals surface area contributed by atoms with Gasteiger partial charge in [-0.2, -0.15) is 0 Å². The maximum atomic E-state index is 14.0. The fraction of sp³-hybridized carbons (Fsp3) is 0.286. The molecule has 0 heterocycles. The first-order valence-electron chi connectivity index (χ1n) is 11.9. The maximum Gasteiger partial charge on any atom is 0.244 e. The lowest BCUT2D eigenvalue weighted by Gasteiger charge is -2.33. The Morgan fingerprint density at radius 3 is 2.21 bits per heavy atom. The Balaban J connectivity index is 2.07. The van der Waals surface area contributed by atoms with Crippen molar-refractivity contribution in [3.63, 3.8) is 0 Å². The van der Waals surface area contributed by atoms with Gasteiger partial charge in [-0.1, -0.05) is 71.7 Å². The molecule has 1 atom stereocenters. The molecule has 3 aromatic rings. The largest absolute Gasteiger partial charge is 0.357 e. The number of halogens is 2. The molecule has 0 saturated carbocycles. The second-order valence-electron chi connectivity index (χ2n) is 9.08. The summed E-state index contributed by atoms with van der Waals surface area (Å²) in [5, 5.41) is 3.32. The van der Waals surface area contributed by atoms with Crippen molar-refractivity contribution in [2.45, 2.75) is 32.9 Å². The van der Waals surface area contributed by atoms with Crippen LogP contribution in [0.5, 0.6) is 0 Å². The predicted octanol–water partition coefficient (Wildman–Crippen LogP) is 4.76. The zero-order valence-corrected chi connectivity index (χ0v) is 24.1. The maximum absolute atomic E-state index is 14.0. The lowest BCUT2D eigenvalue weighted by Crippen LogP contribution is -2.53. The van der Waals surface area contributed by atoms with Crippen molar-refractivity contribution < 1.29 is 18.0 Å². The summed E-state index contributed by atoms with van der Waals surface area (Å²) in [6.07, 6.45) is 1.29. The first-order valence-corrected chi connectivity index (χ1v) is 14.6. The number of carbonyl (C=O) groups is 2. The highest BCUT2D eigenvalue weighted by atomic mass is 35.5. The van der Waals surface area contributed by atoms with Gasteiger partial charge in [0.25, 0.3) is 0 Å². The number of likely N-dealkylation sites (N-methyl/N-ethyl adjacent to an activating group) is 1. The Morgan fingerprint density at radius 1 is 0.921 bits per heavy atom. The molecule has 0 bridgehead atoms. The fourth-order valence-corrected chi connectivity index (χ4v) is 5.38. The standard InChI is InChI=1S/C28H31Cl2N3O4S/c1-19-9-8-12-25(20(19)2)33(38(4,36)37)18-27(34)32(17-22-13-14-23(29)24(30)15-22)26(28(35)31-3)16-21-10-6-5-7-11-21/h5-15,26H,16-18H2,1-4H3,(H,31,35)/t26-/m0/s1. The first-order chi connectivity index (χ1) is 17.9. The van der Waals surface area contributed by atoms with E-state index in [2.05, 4.69) is 5.32 Å². The second-order valence-corrected chi connectivity index (χ2v) is 11.8. The van der Waals surface area contributed by atoms with Gasteiger partial charge in [-0.3, -0.25) is 13.9 Å². The number of rotatable bonds is 10. The van der Waals surface area contributed by atoms with Crippen LogP contribution in [0.25, 0.3) is 0 Å². The molecular formula is C28H31Cl2N3O4S. The molecule has 0 aliphatic heterocycles. The third-order valence-corrected chi connectivity index (χ3v) is 8.24. The van der Waals surface area contributed by atoms with E-state index in [0.29, 0.717) is 21.3 Å². The van der Waals surface area contributed by atoms with Gasteiger partial charge in [0.05, 0.1) is 22.0 Å². The Hall–Kier alpha value is -3.07. The van der Waals surface area contributed by atoms with Gasteiger partial charge in [-0.05, 0) is 54.3 Å². The molecule has 2 amide bonds. The number of hydrogen-bond acceptors (Lipinski definition) is 4. The van der Waals surface area contributed by atoms with Crippen LogP contribution in [0.1, 0.15) is 22.3 Å². The van der Waals surface area contributed by atoms with Gasteiger partial charge < -0.3 is 10.2 Å². The summed E-state index contributed by atoms with van der Waals surface area (Å²) in [5.41, 5.74) is 3.54. The van der Waals surface area contributed by atoms with Gasteiger partial charge in [0.15, 0.2) is 0 Å². The van der Waals surface area contributed by atoms with Crippen LogP contribution in [-0.4, -0.2) is 51.0 Å². The summed E-state index contributed by atoms with van der Waals surface area (Å²) in [6, 6.07) is 18.7. The molecule has 0 aliphatic carbocycles. The van der Waals surface area contributed by atoms with E-state index in [1.54, 1.807) is 30.3 Å². The van der Waals surface area contributed by atoms with Crippen LogP contribution in [0.4, 0.5) is 5.69 Å². The lowest BCUT2D eigenvalue weighted by atomic mass is 10.0. The van der Waals surface area contributed by atoms with E-state index in [0.717, 1.165) is 27.3 Å². The zero-order chi connectivity index (χ0) is 28.0. The van der Waals surface area contributed by atoms with Gasteiger partial charge in [0, 0.05) is 20.0 Å². The molecule has 1 N–H and O–H groups in total. The zero-order valence-electron chi connectivity index (χ0n) is 21.7. The molecular weight excluding hydrogens is 545 g/mol. The van der Waals surface area contributed by atoms with E-state index < -0.39 is 28.5 Å². The molecule has 0 saturated heterocycles. The van der Waals surface area contributed by atoms with Gasteiger partial charge in [0.2, 0.25) is 21.8 Å². The average Bonchev–Trinajstić information content (AvgIpc) is 2.88. The van der Waals surface area contributed by atoms with Crippen LogP contribution in [0.3, 0.4) is 0 Å². The van der Waals surface area contributed by atoms with E-state index >= 15 is 0 Å². The number of nitrogens with one attached hydrogen (secondary N) is 1. The van der Waals surface area contributed by atoms with Crippen LogP contribution >= 0.6 is 23.2 Å². The number of benzene rings is 3. The van der Waals surface area contributed by atoms with Gasteiger partial charge in [-0.15, -0.1) is 0 Å². The molecule has 0 aliphatic rings. The minimum absolute atomic E-state index is 0.0189. The Labute approximate surface area is 234 Å². The summed E-state index contributed by atoms with van der Waals surface area (Å²) in [6.45, 7) is 3.22. The number of hydrogen-bond donors (Lipinski definition) is 1. The van der Waals surface area contributed by atoms with Crippen molar-refractivity contribution in [1.29, 1.82) is 0 Å². The summed E-state index contributed by atoms with van der Waals surface area (Å²) < 4.78 is 26.9. The molecule has 3 aromatic carbocycles. The number of carbonyl (C=O) groups excluding carboxylic acids is 2. The van der Waals surface area contributed by atoms with Crippen molar-refractivity contribution in [3.8, 4) is 0 Å². The third-order valence-electron chi connectivity index (χ3n) is 6.38. The van der Waals surface area contributed by atoms with Crippen LogP contribution in [-0.2, 0) is 32.6 Å². The number of sulfonamides is 1. The normalized spacial score (nSPS) is 12.1. The van der Waals surface area contributed by atoms with Crippen molar-refractivity contribution >= 4 is 50.7 Å². The quantitative estimate of drug-likeness (QED) is 0.377. The molecule has 3 rings (SSSR count). The van der Waals surface area contributed by atoms with E-state index in [4.69, 9.17) is 23.2 Å². The number of amides is 2. The number of aryl methyl sites for hydroxylation is 1. The summed E-state index contributed by atoms with van der Waals surface area (Å²) in [7, 11) is -2.33. The molecule has 0 aromatic heterocycles. The van der Waals surface area contributed by atoms with E-state index in [-0.39, 0.29) is 18.9 Å². The van der Waals surface area contributed by atoms with E-state index in [1.807, 2.05) is 50.2 Å². The smallest absolute Gasteiger partial charge is 0.244 e. The van der Waals surface area contributed by atoms with Crippen LogP contribution in [0.15, 0.2) is 66.7 Å². The number of nitrogens with zero attached hydrogens (tertiary/aromatic N) is 2. The monoisotopic (exact) mass is 575 g/mol. The van der Waals surface area contributed by atoms with E-state index in [9.17, 15) is 18.0 Å². The highest BCUT2D eigenvalue weighted by Gasteiger charge is 2.33. The minimum Gasteiger partial charge on any atom is -0.357 e. The second kappa shape index (κ2) is 12.7. The van der Waals surface area contributed by atoms with Crippen molar-refractivity contribution in [2.75, 3.05) is 24.2 Å². The lowest BCUT2D eigenvalue weighted by molar-refractivity contribution is -0.139. The molecule has 7 nitrogen and oxygen atoms in total. The van der Waals surface area contributed by atoms with Crippen molar-refractivity contribution in [2.24, 2.45) is 0 Å². The topological polar surface area (TPSA) is 86.8 Å². The van der Waals surface area contributed by atoms with Crippen molar-refractivity contribution in [3.05, 3.63) is 99.0 Å². The fourth-order valence-electron chi connectivity index (χ4n) is 4.16. The Kier molecular flexibility index (Phi) is 9.82. The predicted molar refractivity (Wildman–Crippen MR) is 153 cm³/mol. The molecule has 202 valence electrons. The van der Waals surface area contributed by atoms with Gasteiger partial charge >= 0.3 is 0 Å². The third kappa shape index (κ3) is 7.28. The van der Waals surface area contributed by atoms with Crippen LogP contribution in [0, 0.1) is 13.8 Å². The SMILES string of the molecule is CNC(=O)[C@H](Cc1ccccc1)N(Cc1ccc(Cl)c(Cl)c1)C(=O)CN(c1cccc(C)c1C)S(C)(=O)=O. The van der Waals surface area contributed by atoms with Gasteiger partial charge in [0.1, 0.15) is 12.6 Å². The molecule has 0 unspecified atom stereocenters. The summed E-state index contributed by atoms with van der Waals surface area (Å²) in [4.78, 5) is 28.5. The minimum atomic E-state index is -3.83. The summed E-state index contributed by atoms with van der Waals surface area (Å²) >= 11 is 12.3. The highest BCUT2D eigenvalue weighted by molar-refractivity contribution is 7.92. The molecule has 38 heavy (non-hydrogen) atoms. The average molecular weight is 577 g/mol. The number of anilines is 1. The van der Waals surface area contributed by atoms with E-state index in [1.165, 1.54) is 11.9 Å². The molecule has 0 radical (unpaired) electrons. The molecule has 0 fully saturated rings. The Morgan fingerprint density at radius 2 is 1.61 bits per heavy atom. The summed E-state index contributed by atoms with van der Waals surface area (Å²) in [5.74, 6) is -0.910. The first kappa shape index (κ1) is 29.5. The van der Waals surface area contributed by atoms with Crippen molar-refractivity contribution in [1.82, 2.24) is 10.2 Å². The van der Waals surface area contributed by atoms with Crippen LogP contribution in [0.2, 0.25) is 10.0 Å². The Bertz CT molecular complexity index is 1410. The molecule has 10 heteroatoms. The van der Waals surface area contributed by atoms with Crippen LogP contribution < -0.4 is 9.62 Å². The molecule has 0 spiro atoms.